The van der Waals surface area contributed by atoms with E-state index in [0.29, 0.717) is 0 Å². The first-order chi connectivity index (χ1) is 11.9. The Morgan fingerprint density at radius 1 is 0.792 bits per heavy atom. The Hall–Kier alpha value is -3.27. The lowest BCUT2D eigenvalue weighted by atomic mass is 10.2. The van der Waals surface area contributed by atoms with E-state index in [0.717, 1.165) is 17.7 Å². The lowest BCUT2D eigenvalue weighted by Gasteiger charge is -2.17. The van der Waals surface area contributed by atoms with Crippen molar-refractivity contribution in [3.63, 3.8) is 0 Å². The van der Waals surface area contributed by atoms with E-state index in [9.17, 15) is 0 Å². The topological polar surface area (TPSA) is 44.0 Å². The van der Waals surface area contributed by atoms with Crippen molar-refractivity contribution in [3.8, 4) is 0 Å². The molecule has 2 N–H and O–H groups in total. The van der Waals surface area contributed by atoms with Gasteiger partial charge in [-0.2, -0.15) is 0 Å². The molecule has 1 aromatic heterocycles. The van der Waals surface area contributed by atoms with Crippen molar-refractivity contribution in [2.24, 2.45) is 0 Å². The van der Waals surface area contributed by atoms with Crippen molar-refractivity contribution in [3.05, 3.63) is 85.2 Å². The number of benzene rings is 3. The molecule has 0 amide bonds. The second-order valence-corrected chi connectivity index (χ2v) is 5.54. The molecular formula is C20H18N4. The van der Waals surface area contributed by atoms with Gasteiger partial charge in [-0.25, -0.2) is 4.98 Å². The van der Waals surface area contributed by atoms with Crippen LogP contribution in [0.2, 0.25) is 0 Å². The molecule has 0 spiro atoms. The maximum absolute atomic E-state index is 4.06. The number of nitrogens with one attached hydrogen (secondary N) is 2. The van der Waals surface area contributed by atoms with Gasteiger partial charge in [0, 0.05) is 5.69 Å². The minimum atomic E-state index is 0.851. The predicted molar refractivity (Wildman–Crippen MR) is 99.6 cm³/mol. The van der Waals surface area contributed by atoms with E-state index < -0.39 is 0 Å². The number of aromatic nitrogens is 2. The Labute approximate surface area is 140 Å². The Morgan fingerprint density at radius 2 is 1.54 bits per heavy atom. The summed E-state index contributed by atoms with van der Waals surface area (Å²) in [4.78, 5) is 9.34. The fourth-order valence-corrected chi connectivity index (χ4v) is 2.83. The van der Waals surface area contributed by atoms with E-state index in [4.69, 9.17) is 0 Å². The van der Waals surface area contributed by atoms with Crippen LogP contribution in [0.4, 0.5) is 17.1 Å². The zero-order valence-electron chi connectivity index (χ0n) is 13.2. The molecule has 0 radical (unpaired) electrons. The molecule has 1 aliphatic rings. The third-order valence-electron chi connectivity index (χ3n) is 4.02. The van der Waals surface area contributed by atoms with E-state index >= 15 is 0 Å². The molecule has 0 fully saturated rings. The standard InChI is InChI=1S/C13H12N2.C7H6N2/c1-2-6-11(7-3-1)15-10-14-12-8-4-5-9-13(12)15;1-2-4-7-6(3-1)8-5-9-7/h1-9,14H,10H2;1-5H,(H,8,9). The number of para-hydroxylation sites is 5. The average molecular weight is 314 g/mol. The summed E-state index contributed by atoms with van der Waals surface area (Å²) in [5.74, 6) is 0. The normalized spacial score (nSPS) is 12.2. The number of anilines is 3. The highest BCUT2D eigenvalue weighted by atomic mass is 15.3. The third kappa shape index (κ3) is 2.82. The van der Waals surface area contributed by atoms with E-state index in [2.05, 4.69) is 68.7 Å². The fourth-order valence-electron chi connectivity index (χ4n) is 2.83. The highest BCUT2D eigenvalue weighted by Crippen LogP contribution is 2.35. The summed E-state index contributed by atoms with van der Waals surface area (Å²) in [6, 6.07) is 26.7. The second kappa shape index (κ2) is 6.46. The van der Waals surface area contributed by atoms with Gasteiger partial charge in [0.15, 0.2) is 0 Å². The summed E-state index contributed by atoms with van der Waals surface area (Å²) in [5.41, 5.74) is 5.81. The van der Waals surface area contributed by atoms with Crippen LogP contribution in [0.1, 0.15) is 0 Å². The van der Waals surface area contributed by atoms with Crippen molar-refractivity contribution < 1.29 is 0 Å². The van der Waals surface area contributed by atoms with Crippen LogP contribution in [0.25, 0.3) is 11.0 Å². The van der Waals surface area contributed by atoms with Gasteiger partial charge in [-0.15, -0.1) is 0 Å². The monoisotopic (exact) mass is 314 g/mol. The predicted octanol–water partition coefficient (Wildman–Crippen LogP) is 4.77. The summed E-state index contributed by atoms with van der Waals surface area (Å²) in [5, 5.41) is 3.37. The second-order valence-electron chi connectivity index (χ2n) is 5.54. The molecule has 4 aromatic rings. The third-order valence-corrected chi connectivity index (χ3v) is 4.02. The number of nitrogens with zero attached hydrogens (tertiary/aromatic N) is 2. The van der Waals surface area contributed by atoms with Crippen LogP contribution in [-0.4, -0.2) is 16.6 Å². The zero-order valence-corrected chi connectivity index (χ0v) is 13.2. The number of fused-ring (bicyclic) bond motifs is 2. The number of hydrogen-bond donors (Lipinski definition) is 2. The lowest BCUT2D eigenvalue weighted by Crippen LogP contribution is -2.15. The van der Waals surface area contributed by atoms with Gasteiger partial charge in [0.1, 0.15) is 0 Å². The van der Waals surface area contributed by atoms with Crippen LogP contribution in [0, 0.1) is 0 Å². The smallest absolute Gasteiger partial charge is 0.0931 e. The van der Waals surface area contributed by atoms with Gasteiger partial charge in [-0.1, -0.05) is 42.5 Å². The molecule has 3 aromatic carbocycles. The summed E-state index contributed by atoms with van der Waals surface area (Å²) < 4.78 is 0. The number of hydrogen-bond acceptors (Lipinski definition) is 3. The summed E-state index contributed by atoms with van der Waals surface area (Å²) >= 11 is 0. The molecule has 4 nitrogen and oxygen atoms in total. The van der Waals surface area contributed by atoms with Crippen molar-refractivity contribution in [1.29, 1.82) is 0 Å². The van der Waals surface area contributed by atoms with Crippen LogP contribution >= 0.6 is 0 Å². The SMILES string of the molecule is c1ccc(N2CNc3ccccc32)cc1.c1ccc2[nH]cnc2c1. The molecule has 0 unspecified atom stereocenters. The minimum Gasteiger partial charge on any atom is -0.366 e. The van der Waals surface area contributed by atoms with Crippen molar-refractivity contribution in [2.45, 2.75) is 0 Å². The Bertz CT molecular complexity index is 900. The molecule has 118 valence electrons. The molecule has 0 atom stereocenters. The molecule has 4 heteroatoms. The Morgan fingerprint density at radius 3 is 2.42 bits per heavy atom. The fraction of sp³-hybridized carbons (Fsp3) is 0.0500. The van der Waals surface area contributed by atoms with Crippen LogP contribution in [0.3, 0.4) is 0 Å². The van der Waals surface area contributed by atoms with Crippen LogP contribution in [-0.2, 0) is 0 Å². The van der Waals surface area contributed by atoms with Gasteiger partial charge < -0.3 is 15.2 Å². The summed E-state index contributed by atoms with van der Waals surface area (Å²) in [7, 11) is 0. The van der Waals surface area contributed by atoms with Crippen molar-refractivity contribution >= 4 is 28.1 Å². The highest BCUT2D eigenvalue weighted by molar-refractivity contribution is 5.80. The molecule has 0 saturated carbocycles. The lowest BCUT2D eigenvalue weighted by molar-refractivity contribution is 1.10. The Kier molecular flexibility index (Phi) is 3.86. The maximum Gasteiger partial charge on any atom is 0.0931 e. The molecule has 0 aliphatic carbocycles. The van der Waals surface area contributed by atoms with Crippen LogP contribution < -0.4 is 10.2 Å². The first-order valence-corrected chi connectivity index (χ1v) is 7.95. The molecule has 1 aliphatic heterocycles. The molecular weight excluding hydrogens is 296 g/mol. The molecule has 5 rings (SSSR count). The highest BCUT2D eigenvalue weighted by Gasteiger charge is 2.18. The van der Waals surface area contributed by atoms with Crippen molar-refractivity contribution in [1.82, 2.24) is 9.97 Å². The van der Waals surface area contributed by atoms with Crippen LogP contribution in [0.15, 0.2) is 85.2 Å². The maximum atomic E-state index is 4.06. The van der Waals surface area contributed by atoms with E-state index in [-0.39, 0.29) is 0 Å². The van der Waals surface area contributed by atoms with Gasteiger partial charge >= 0.3 is 0 Å². The number of H-pyrrole nitrogens is 1. The molecule has 0 saturated heterocycles. The van der Waals surface area contributed by atoms with Gasteiger partial charge in [-0.3, -0.25) is 0 Å². The first kappa shape index (κ1) is 14.3. The summed E-state index contributed by atoms with van der Waals surface area (Å²) in [6.45, 7) is 0.851. The van der Waals surface area contributed by atoms with E-state index in [1.165, 1.54) is 17.1 Å². The minimum absolute atomic E-state index is 0.851. The van der Waals surface area contributed by atoms with Gasteiger partial charge in [-0.05, 0) is 36.4 Å². The zero-order chi connectivity index (χ0) is 16.2. The largest absolute Gasteiger partial charge is 0.366 e. The quantitative estimate of drug-likeness (QED) is 0.532. The Balaban J connectivity index is 0.000000138. The molecule has 0 bridgehead atoms. The first-order valence-electron chi connectivity index (χ1n) is 7.95. The van der Waals surface area contributed by atoms with Gasteiger partial charge in [0.05, 0.1) is 35.4 Å². The number of imidazole rings is 1. The van der Waals surface area contributed by atoms with Gasteiger partial charge in [0.2, 0.25) is 0 Å². The number of aromatic amines is 1. The van der Waals surface area contributed by atoms with Crippen molar-refractivity contribution in [2.75, 3.05) is 16.9 Å². The van der Waals surface area contributed by atoms with Crippen LogP contribution in [0.5, 0.6) is 0 Å². The van der Waals surface area contributed by atoms with E-state index in [1.54, 1.807) is 6.33 Å². The summed E-state index contributed by atoms with van der Waals surface area (Å²) in [6.07, 6.45) is 1.70. The van der Waals surface area contributed by atoms with Gasteiger partial charge in [0.25, 0.3) is 0 Å². The number of rotatable bonds is 1. The molecule has 2 heterocycles. The average Bonchev–Trinajstić information content (AvgIpc) is 3.30. The molecule has 24 heavy (non-hydrogen) atoms. The van der Waals surface area contributed by atoms with E-state index in [1.807, 2.05) is 30.3 Å².